The van der Waals surface area contributed by atoms with E-state index in [0.29, 0.717) is 34.1 Å². The van der Waals surface area contributed by atoms with Gasteiger partial charge in [0.25, 0.3) is 0 Å². The van der Waals surface area contributed by atoms with Crippen LogP contribution in [0.25, 0.3) is 0 Å². The minimum atomic E-state index is -0.226. The molecule has 156 valence electrons. The molecule has 0 saturated heterocycles. The summed E-state index contributed by atoms with van der Waals surface area (Å²) in [6, 6.07) is 7.05. The first-order valence-electron chi connectivity index (χ1n) is 8.88. The molecule has 3 aromatic rings. The van der Waals surface area contributed by atoms with Crippen LogP contribution >= 0.6 is 23.1 Å². The molecule has 9 nitrogen and oxygen atoms in total. The quantitative estimate of drug-likeness (QED) is 0.365. The number of hydrogen-bond acceptors (Lipinski definition) is 8. The third kappa shape index (κ3) is 5.91. The maximum absolute atomic E-state index is 12.4. The fraction of sp³-hybridized carbons (Fsp3) is 0.211. The van der Waals surface area contributed by atoms with Crippen molar-refractivity contribution < 1.29 is 14.3 Å². The highest BCUT2D eigenvalue weighted by Crippen LogP contribution is 2.20. The van der Waals surface area contributed by atoms with Gasteiger partial charge in [-0.3, -0.25) is 9.59 Å². The van der Waals surface area contributed by atoms with E-state index in [4.69, 9.17) is 4.74 Å². The number of methoxy groups -OCH3 is 1. The number of amides is 2. The Morgan fingerprint density at radius 1 is 1.23 bits per heavy atom. The number of aromatic nitrogens is 4. The molecule has 11 heteroatoms. The topological polar surface area (TPSA) is 111 Å². The van der Waals surface area contributed by atoms with Gasteiger partial charge in [-0.2, -0.15) is 0 Å². The number of nitrogens with one attached hydrogen (secondary N) is 2. The van der Waals surface area contributed by atoms with Crippen LogP contribution in [0.1, 0.15) is 5.82 Å². The predicted octanol–water partition coefficient (Wildman–Crippen LogP) is 2.84. The number of nitrogens with zero attached hydrogens (tertiary/aromatic N) is 4. The van der Waals surface area contributed by atoms with Gasteiger partial charge in [0.15, 0.2) is 10.3 Å². The van der Waals surface area contributed by atoms with Crippen LogP contribution in [0.2, 0.25) is 0 Å². The molecule has 0 aliphatic carbocycles. The Labute approximate surface area is 181 Å². The lowest BCUT2D eigenvalue weighted by molar-refractivity contribution is -0.116. The molecule has 2 heterocycles. The number of benzene rings is 1. The fourth-order valence-corrected chi connectivity index (χ4v) is 3.77. The Bertz CT molecular complexity index is 1000. The minimum absolute atomic E-state index is 0.0404. The molecular weight excluding hydrogens is 424 g/mol. The Hall–Kier alpha value is -3.18. The van der Waals surface area contributed by atoms with Gasteiger partial charge in [0.05, 0.1) is 19.3 Å². The van der Waals surface area contributed by atoms with Gasteiger partial charge in [0.1, 0.15) is 11.6 Å². The summed E-state index contributed by atoms with van der Waals surface area (Å²) in [6.45, 7) is 4.17. The second-order valence-electron chi connectivity index (χ2n) is 5.93. The van der Waals surface area contributed by atoms with E-state index in [1.165, 1.54) is 23.1 Å². The van der Waals surface area contributed by atoms with Crippen molar-refractivity contribution in [2.75, 3.05) is 23.5 Å². The number of allylic oxidation sites excluding steroid dienone is 1. The Balaban J connectivity index is 1.60. The monoisotopic (exact) mass is 444 g/mol. The summed E-state index contributed by atoms with van der Waals surface area (Å²) in [4.78, 5) is 28.5. The molecule has 2 aromatic heterocycles. The van der Waals surface area contributed by atoms with Crippen LogP contribution in [0.3, 0.4) is 0 Å². The third-order valence-electron chi connectivity index (χ3n) is 3.81. The molecule has 0 aliphatic heterocycles. The van der Waals surface area contributed by atoms with E-state index < -0.39 is 0 Å². The molecule has 2 N–H and O–H groups in total. The molecule has 30 heavy (non-hydrogen) atoms. The Morgan fingerprint density at radius 2 is 2.03 bits per heavy atom. The largest absolute Gasteiger partial charge is 0.497 e. The van der Waals surface area contributed by atoms with Gasteiger partial charge in [-0.25, -0.2) is 4.98 Å². The molecule has 1 aromatic carbocycles. The number of anilines is 2. The number of hydrogen-bond donors (Lipinski definition) is 2. The summed E-state index contributed by atoms with van der Waals surface area (Å²) in [5, 5.41) is 16.6. The Morgan fingerprint density at radius 3 is 2.70 bits per heavy atom. The zero-order chi connectivity index (χ0) is 21.3. The van der Waals surface area contributed by atoms with Gasteiger partial charge in [-0.05, 0) is 24.3 Å². The number of rotatable bonds is 10. The van der Waals surface area contributed by atoms with Crippen molar-refractivity contribution in [3.8, 4) is 5.75 Å². The molecule has 0 atom stereocenters. The molecular formula is C19H20N6O3S2. The normalized spacial score (nSPS) is 10.4. The van der Waals surface area contributed by atoms with E-state index in [9.17, 15) is 9.59 Å². The lowest BCUT2D eigenvalue weighted by atomic mass is 10.3. The highest BCUT2D eigenvalue weighted by atomic mass is 32.2. The van der Waals surface area contributed by atoms with Crippen molar-refractivity contribution in [3.63, 3.8) is 0 Å². The Kier molecular flexibility index (Phi) is 7.57. The molecule has 0 bridgehead atoms. The van der Waals surface area contributed by atoms with Crippen molar-refractivity contribution >= 4 is 45.7 Å². The average molecular weight is 445 g/mol. The zero-order valence-electron chi connectivity index (χ0n) is 16.2. The number of thiazole rings is 1. The smallest absolute Gasteiger partial charge is 0.236 e. The van der Waals surface area contributed by atoms with E-state index >= 15 is 0 Å². The average Bonchev–Trinajstić information content (AvgIpc) is 3.38. The van der Waals surface area contributed by atoms with Crippen molar-refractivity contribution in [2.45, 2.75) is 18.1 Å². The molecule has 2 amide bonds. The van der Waals surface area contributed by atoms with Gasteiger partial charge >= 0.3 is 0 Å². The first kappa shape index (κ1) is 21.5. The van der Waals surface area contributed by atoms with E-state index in [2.05, 4.69) is 32.4 Å². The second kappa shape index (κ2) is 10.6. The minimum Gasteiger partial charge on any atom is -0.497 e. The third-order valence-corrected chi connectivity index (χ3v) is 5.46. The molecule has 0 saturated carbocycles. The molecule has 0 spiro atoms. The van der Waals surface area contributed by atoms with E-state index in [0.717, 1.165) is 0 Å². The maximum Gasteiger partial charge on any atom is 0.236 e. The molecule has 3 rings (SSSR count). The van der Waals surface area contributed by atoms with Crippen molar-refractivity contribution in [2.24, 2.45) is 0 Å². The predicted molar refractivity (Wildman–Crippen MR) is 117 cm³/mol. The van der Waals surface area contributed by atoms with Crippen molar-refractivity contribution in [3.05, 3.63) is 54.3 Å². The number of thioether (sulfide) groups is 1. The fourth-order valence-electron chi connectivity index (χ4n) is 2.46. The van der Waals surface area contributed by atoms with Crippen LogP contribution < -0.4 is 15.4 Å². The summed E-state index contributed by atoms with van der Waals surface area (Å²) >= 11 is 2.58. The van der Waals surface area contributed by atoms with Crippen LogP contribution in [0, 0.1) is 0 Å². The molecule has 0 fully saturated rings. The van der Waals surface area contributed by atoms with E-state index in [1.807, 2.05) is 0 Å². The number of ether oxygens (including phenoxy) is 1. The summed E-state index contributed by atoms with van der Waals surface area (Å²) in [5.41, 5.74) is 0.657. The number of carbonyl (C=O) groups excluding carboxylic acids is 2. The lowest BCUT2D eigenvalue weighted by Crippen LogP contribution is -2.18. The molecule has 0 unspecified atom stereocenters. The van der Waals surface area contributed by atoms with Crippen LogP contribution in [0.4, 0.5) is 10.8 Å². The standard InChI is InChI=1S/C19H20N6O3S2/c1-3-9-25-15(11-16(26)21-13-4-6-14(28-2)7-5-13)23-24-19(25)30-12-17(27)22-18-20-8-10-29-18/h3-8,10H,1,9,11-12H2,2H3,(H,21,26)(H,20,22,27). The lowest BCUT2D eigenvalue weighted by Gasteiger charge is -2.09. The molecule has 0 radical (unpaired) electrons. The van der Waals surface area contributed by atoms with Gasteiger partial charge in [-0.1, -0.05) is 17.8 Å². The van der Waals surface area contributed by atoms with Crippen molar-refractivity contribution in [1.29, 1.82) is 0 Å². The summed E-state index contributed by atoms with van der Waals surface area (Å²) < 4.78 is 6.87. The first-order chi connectivity index (χ1) is 14.6. The highest BCUT2D eigenvalue weighted by Gasteiger charge is 2.16. The van der Waals surface area contributed by atoms with Crippen LogP contribution in [0.15, 0.2) is 53.7 Å². The first-order valence-corrected chi connectivity index (χ1v) is 10.7. The second-order valence-corrected chi connectivity index (χ2v) is 7.76. The van der Waals surface area contributed by atoms with E-state index in [1.54, 1.807) is 53.6 Å². The van der Waals surface area contributed by atoms with Gasteiger partial charge < -0.3 is 19.9 Å². The van der Waals surface area contributed by atoms with Gasteiger partial charge in [-0.15, -0.1) is 28.1 Å². The van der Waals surface area contributed by atoms with Crippen LogP contribution in [-0.4, -0.2) is 44.4 Å². The molecule has 0 aliphatic rings. The summed E-state index contributed by atoms with van der Waals surface area (Å²) in [7, 11) is 1.58. The zero-order valence-corrected chi connectivity index (χ0v) is 17.8. The van der Waals surface area contributed by atoms with Crippen molar-refractivity contribution in [1.82, 2.24) is 19.7 Å². The summed E-state index contributed by atoms with van der Waals surface area (Å²) in [5.74, 6) is 0.924. The SMILES string of the molecule is C=CCn1c(CC(=O)Nc2ccc(OC)cc2)nnc1SCC(=O)Nc1nccs1. The summed E-state index contributed by atoms with van der Waals surface area (Å²) in [6.07, 6.45) is 3.35. The highest BCUT2D eigenvalue weighted by molar-refractivity contribution is 7.99. The van der Waals surface area contributed by atoms with Gasteiger partial charge in [0, 0.05) is 23.8 Å². The number of carbonyl (C=O) groups is 2. The maximum atomic E-state index is 12.4. The van der Waals surface area contributed by atoms with Crippen LogP contribution in [-0.2, 0) is 22.6 Å². The van der Waals surface area contributed by atoms with Gasteiger partial charge in [0.2, 0.25) is 11.8 Å². The van der Waals surface area contributed by atoms with E-state index in [-0.39, 0.29) is 24.0 Å². The van der Waals surface area contributed by atoms with Crippen LogP contribution in [0.5, 0.6) is 5.75 Å².